The van der Waals surface area contributed by atoms with Gasteiger partial charge < -0.3 is 4.74 Å². The molecule has 0 saturated carbocycles. The molecule has 0 amide bonds. The first-order chi connectivity index (χ1) is 13.2. The molecule has 0 saturated heterocycles. The topological polar surface area (TPSA) is 82.3 Å². The lowest BCUT2D eigenvalue weighted by Crippen LogP contribution is -2.23. The summed E-state index contributed by atoms with van der Waals surface area (Å²) in [7, 11) is -0.721. The number of benzene rings is 2. The number of aryl methyl sites for hydroxylation is 2. The molecular weight excluding hydrogens is 378 g/mol. The van der Waals surface area contributed by atoms with E-state index in [0.717, 1.165) is 0 Å². The highest BCUT2D eigenvalue weighted by Gasteiger charge is 2.25. The molecule has 0 atom stereocenters. The molecule has 0 bridgehead atoms. The van der Waals surface area contributed by atoms with Crippen molar-refractivity contribution in [2.24, 2.45) is 7.05 Å². The molecule has 0 aliphatic heterocycles. The molecule has 1 aromatic heterocycles. The first-order valence-electron chi connectivity index (χ1n) is 8.69. The van der Waals surface area contributed by atoms with Crippen molar-refractivity contribution in [1.82, 2.24) is 9.36 Å². The van der Waals surface area contributed by atoms with Crippen LogP contribution in [0.3, 0.4) is 0 Å². The zero-order valence-corrected chi connectivity index (χ0v) is 17.3. The van der Waals surface area contributed by atoms with Gasteiger partial charge in [0.25, 0.3) is 15.6 Å². The minimum atomic E-state index is -3.96. The number of hydrogen-bond acceptors (Lipinski definition) is 4. The molecule has 0 aliphatic rings. The van der Waals surface area contributed by atoms with Crippen LogP contribution < -0.4 is 15.0 Å². The largest absolute Gasteiger partial charge is 0.497 e. The van der Waals surface area contributed by atoms with Crippen LogP contribution in [0.2, 0.25) is 0 Å². The van der Waals surface area contributed by atoms with Gasteiger partial charge in [-0.1, -0.05) is 18.2 Å². The molecule has 1 N–H and O–H groups in total. The van der Waals surface area contributed by atoms with Gasteiger partial charge in [-0.2, -0.15) is 0 Å². The van der Waals surface area contributed by atoms with Gasteiger partial charge in [0.05, 0.1) is 23.4 Å². The summed E-state index contributed by atoms with van der Waals surface area (Å²) in [5.41, 5.74) is 1.85. The van der Waals surface area contributed by atoms with Crippen LogP contribution >= 0.6 is 0 Å². The third kappa shape index (κ3) is 3.31. The number of nitrogens with one attached hydrogen (secondary N) is 1. The van der Waals surface area contributed by atoms with Gasteiger partial charge in [0.1, 0.15) is 11.4 Å². The minimum Gasteiger partial charge on any atom is -0.497 e. The second kappa shape index (κ2) is 7.20. The molecular formula is C20H23N3O4S. The van der Waals surface area contributed by atoms with Crippen molar-refractivity contribution in [2.75, 3.05) is 11.8 Å². The van der Waals surface area contributed by atoms with E-state index >= 15 is 0 Å². The van der Waals surface area contributed by atoms with Crippen molar-refractivity contribution in [1.29, 1.82) is 0 Å². The van der Waals surface area contributed by atoms with E-state index in [1.165, 1.54) is 11.8 Å². The fraction of sp³-hybridized carbons (Fsp3) is 0.250. The van der Waals surface area contributed by atoms with Gasteiger partial charge in [-0.15, -0.1) is 0 Å². The number of ether oxygens (including phenoxy) is 1. The monoisotopic (exact) mass is 401 g/mol. The molecule has 0 spiro atoms. The van der Waals surface area contributed by atoms with E-state index in [-0.39, 0.29) is 10.6 Å². The second-order valence-electron chi connectivity index (χ2n) is 6.63. The molecule has 3 aromatic rings. The summed E-state index contributed by atoms with van der Waals surface area (Å²) in [6, 6.07) is 12.4. The van der Waals surface area contributed by atoms with Crippen LogP contribution in [0.5, 0.6) is 5.75 Å². The van der Waals surface area contributed by atoms with E-state index in [9.17, 15) is 13.2 Å². The second-order valence-corrected chi connectivity index (χ2v) is 8.25. The van der Waals surface area contributed by atoms with Crippen molar-refractivity contribution in [3.63, 3.8) is 0 Å². The standard InChI is InChI=1S/C20H23N3O4S/c1-13-11-17(27-5)12-14(2)19(13)28(25,26)21-18-15(3)22(4)23(20(18)24)16-9-7-6-8-10-16/h6-12,21H,1-5H3. The highest BCUT2D eigenvalue weighted by Crippen LogP contribution is 2.27. The quantitative estimate of drug-likeness (QED) is 0.713. The van der Waals surface area contributed by atoms with Gasteiger partial charge in [0.15, 0.2) is 0 Å². The van der Waals surface area contributed by atoms with Crippen LogP contribution in [0.25, 0.3) is 5.69 Å². The van der Waals surface area contributed by atoms with Crippen LogP contribution in [0.15, 0.2) is 52.2 Å². The number of aromatic nitrogens is 2. The lowest BCUT2D eigenvalue weighted by atomic mass is 10.1. The number of para-hydroxylation sites is 1. The first kappa shape index (κ1) is 19.8. The molecule has 28 heavy (non-hydrogen) atoms. The number of rotatable bonds is 5. The van der Waals surface area contributed by atoms with E-state index in [1.807, 2.05) is 18.2 Å². The molecule has 2 aromatic carbocycles. The molecule has 0 radical (unpaired) electrons. The Morgan fingerprint density at radius 3 is 2.11 bits per heavy atom. The van der Waals surface area contributed by atoms with Gasteiger partial charge in [-0.05, 0) is 56.2 Å². The number of anilines is 1. The van der Waals surface area contributed by atoms with Crippen LogP contribution in [-0.2, 0) is 17.1 Å². The SMILES string of the molecule is COc1cc(C)c(S(=O)(=O)Nc2c(C)n(C)n(-c3ccccc3)c2=O)c(C)c1. The molecule has 3 rings (SSSR count). The number of nitrogens with zero attached hydrogens (tertiary/aromatic N) is 2. The first-order valence-corrected chi connectivity index (χ1v) is 10.2. The van der Waals surface area contributed by atoms with Crippen LogP contribution in [-0.4, -0.2) is 24.9 Å². The highest BCUT2D eigenvalue weighted by molar-refractivity contribution is 7.92. The fourth-order valence-electron chi connectivity index (χ4n) is 3.32. The normalized spacial score (nSPS) is 11.5. The lowest BCUT2D eigenvalue weighted by Gasteiger charge is -2.13. The highest BCUT2D eigenvalue weighted by atomic mass is 32.2. The van der Waals surface area contributed by atoms with Crippen LogP contribution in [0.4, 0.5) is 5.69 Å². The Balaban J connectivity index is 2.12. The van der Waals surface area contributed by atoms with E-state index in [4.69, 9.17) is 4.74 Å². The van der Waals surface area contributed by atoms with Crippen LogP contribution in [0.1, 0.15) is 16.8 Å². The number of sulfonamides is 1. The number of hydrogen-bond donors (Lipinski definition) is 1. The van der Waals surface area contributed by atoms with Gasteiger partial charge in [0.2, 0.25) is 0 Å². The molecule has 8 heteroatoms. The Labute approximate surface area is 164 Å². The Kier molecular flexibility index (Phi) is 5.08. The summed E-state index contributed by atoms with van der Waals surface area (Å²) in [5.74, 6) is 0.580. The molecule has 7 nitrogen and oxygen atoms in total. The third-order valence-corrected chi connectivity index (χ3v) is 6.38. The van der Waals surface area contributed by atoms with Crippen LogP contribution in [0, 0.1) is 20.8 Å². The summed E-state index contributed by atoms with van der Waals surface area (Å²) in [6.45, 7) is 5.10. The molecule has 148 valence electrons. The predicted octanol–water partition coefficient (Wildman–Crippen LogP) is 2.91. The maximum absolute atomic E-state index is 13.1. The molecule has 0 fully saturated rings. The van der Waals surface area contributed by atoms with Gasteiger partial charge in [-0.25, -0.2) is 13.1 Å². The van der Waals surface area contributed by atoms with Gasteiger partial charge in [0, 0.05) is 7.05 Å². The molecule has 0 aliphatic carbocycles. The summed E-state index contributed by atoms with van der Waals surface area (Å²) >= 11 is 0. The lowest BCUT2D eigenvalue weighted by molar-refractivity contribution is 0.413. The van der Waals surface area contributed by atoms with Gasteiger partial charge >= 0.3 is 0 Å². The zero-order valence-electron chi connectivity index (χ0n) is 16.5. The maximum atomic E-state index is 13.1. The Hall–Kier alpha value is -3.00. The van der Waals surface area contributed by atoms with Crippen molar-refractivity contribution < 1.29 is 13.2 Å². The molecule has 0 unspecified atom stereocenters. The summed E-state index contributed by atoms with van der Waals surface area (Å²) < 4.78 is 36.9. The van der Waals surface area contributed by atoms with E-state index in [2.05, 4.69) is 4.72 Å². The van der Waals surface area contributed by atoms with E-state index in [1.54, 1.807) is 56.8 Å². The Morgan fingerprint density at radius 2 is 1.57 bits per heavy atom. The summed E-state index contributed by atoms with van der Waals surface area (Å²) in [5, 5.41) is 0. The summed E-state index contributed by atoms with van der Waals surface area (Å²) in [4.78, 5) is 13.1. The average molecular weight is 401 g/mol. The predicted molar refractivity (Wildman–Crippen MR) is 109 cm³/mol. The Morgan fingerprint density at radius 1 is 1.00 bits per heavy atom. The Bertz CT molecular complexity index is 1170. The van der Waals surface area contributed by atoms with E-state index in [0.29, 0.717) is 28.3 Å². The molecule has 1 heterocycles. The third-order valence-electron chi connectivity index (χ3n) is 4.73. The van der Waals surface area contributed by atoms with E-state index < -0.39 is 15.6 Å². The maximum Gasteiger partial charge on any atom is 0.296 e. The average Bonchev–Trinajstić information content (AvgIpc) is 2.84. The fourth-order valence-corrected chi connectivity index (χ4v) is 4.89. The van der Waals surface area contributed by atoms with Crippen molar-refractivity contribution in [3.05, 3.63) is 69.6 Å². The minimum absolute atomic E-state index is 0.0287. The number of methoxy groups -OCH3 is 1. The zero-order chi connectivity index (χ0) is 20.6. The summed E-state index contributed by atoms with van der Waals surface area (Å²) in [6.07, 6.45) is 0. The van der Waals surface area contributed by atoms with Gasteiger partial charge in [-0.3, -0.25) is 14.2 Å². The van der Waals surface area contributed by atoms with Crippen molar-refractivity contribution in [3.8, 4) is 11.4 Å². The van der Waals surface area contributed by atoms with Crippen molar-refractivity contribution >= 4 is 15.7 Å². The smallest absolute Gasteiger partial charge is 0.296 e. The van der Waals surface area contributed by atoms with Crippen molar-refractivity contribution in [2.45, 2.75) is 25.7 Å².